The maximum atomic E-state index is 12.3. The molecule has 2 aromatic carbocycles. The van der Waals surface area contributed by atoms with Gasteiger partial charge in [-0.05, 0) is 61.5 Å². The molecule has 0 radical (unpaired) electrons. The molecule has 1 unspecified atom stereocenters. The van der Waals surface area contributed by atoms with Gasteiger partial charge >= 0.3 is 5.97 Å². The van der Waals surface area contributed by atoms with Gasteiger partial charge in [-0.25, -0.2) is 9.79 Å². The maximum absolute atomic E-state index is 12.3. The molecular weight excluding hydrogens is 392 g/mol. The fourth-order valence-corrected chi connectivity index (χ4v) is 3.31. The molecule has 0 saturated carbocycles. The molecule has 150 valence electrons. The first-order chi connectivity index (χ1) is 14.0. The summed E-state index contributed by atoms with van der Waals surface area (Å²) in [6.07, 6.45) is 0.715. The summed E-state index contributed by atoms with van der Waals surface area (Å²) in [7, 11) is 0. The van der Waals surface area contributed by atoms with Gasteiger partial charge in [0.25, 0.3) is 5.91 Å². The second-order valence-electron chi connectivity index (χ2n) is 6.05. The lowest BCUT2D eigenvalue weighted by atomic mass is 10.2. The van der Waals surface area contributed by atoms with Gasteiger partial charge < -0.3 is 19.9 Å². The van der Waals surface area contributed by atoms with Crippen LogP contribution in [0.1, 0.15) is 19.4 Å². The number of thioether (sulfide) groups is 1. The molecule has 1 aliphatic rings. The lowest BCUT2D eigenvalue weighted by molar-refractivity contribution is -0.144. The number of carbonyl (C=O) groups excluding carboxylic acids is 1. The van der Waals surface area contributed by atoms with Crippen LogP contribution in [0.5, 0.6) is 11.5 Å². The normalized spacial score (nSPS) is 17.2. The number of carbonyl (C=O) groups is 2. The molecule has 0 spiro atoms. The fourth-order valence-electron chi connectivity index (χ4n) is 2.47. The Hall–Kier alpha value is -3.26. The zero-order valence-corrected chi connectivity index (χ0v) is 16.7. The van der Waals surface area contributed by atoms with Crippen molar-refractivity contribution in [2.75, 3.05) is 6.61 Å². The van der Waals surface area contributed by atoms with Crippen LogP contribution in [0.3, 0.4) is 0 Å². The molecule has 7 nitrogen and oxygen atoms in total. The van der Waals surface area contributed by atoms with Crippen LogP contribution in [-0.2, 0) is 9.59 Å². The minimum Gasteiger partial charge on any atom is -0.490 e. The smallest absolute Gasteiger partial charge is 0.344 e. The Morgan fingerprint density at radius 1 is 1.24 bits per heavy atom. The number of nitrogens with one attached hydrogen (secondary N) is 1. The monoisotopic (exact) mass is 412 g/mol. The predicted octanol–water partition coefficient (Wildman–Crippen LogP) is 3.83. The van der Waals surface area contributed by atoms with Crippen molar-refractivity contribution in [3.63, 3.8) is 0 Å². The zero-order valence-electron chi connectivity index (χ0n) is 15.9. The van der Waals surface area contributed by atoms with Crippen molar-refractivity contribution in [3.05, 3.63) is 59.0 Å². The highest BCUT2D eigenvalue weighted by atomic mass is 32.2. The number of aliphatic imine (C=N–C) groups is 1. The van der Waals surface area contributed by atoms with Crippen LogP contribution in [0, 0.1) is 0 Å². The number of aliphatic carboxylic acids is 1. The average Bonchev–Trinajstić information content (AvgIpc) is 3.03. The van der Waals surface area contributed by atoms with Crippen LogP contribution in [0.15, 0.2) is 58.4 Å². The number of para-hydroxylation sites is 1. The van der Waals surface area contributed by atoms with Gasteiger partial charge in [0.1, 0.15) is 0 Å². The van der Waals surface area contributed by atoms with Gasteiger partial charge in [0, 0.05) is 0 Å². The number of ether oxygens (including phenoxy) is 2. The van der Waals surface area contributed by atoms with Gasteiger partial charge in [-0.2, -0.15) is 0 Å². The van der Waals surface area contributed by atoms with E-state index in [4.69, 9.17) is 14.6 Å². The highest BCUT2D eigenvalue weighted by Gasteiger charge is 2.24. The van der Waals surface area contributed by atoms with Crippen molar-refractivity contribution in [1.82, 2.24) is 5.32 Å². The van der Waals surface area contributed by atoms with E-state index >= 15 is 0 Å². The number of benzene rings is 2. The maximum Gasteiger partial charge on any atom is 0.344 e. The van der Waals surface area contributed by atoms with Gasteiger partial charge in [-0.15, -0.1) is 0 Å². The number of carboxylic acid groups (broad SMARTS) is 1. The molecule has 0 aliphatic carbocycles. The van der Waals surface area contributed by atoms with Crippen LogP contribution < -0.4 is 14.8 Å². The van der Waals surface area contributed by atoms with E-state index in [1.165, 1.54) is 18.7 Å². The third kappa shape index (κ3) is 5.39. The average molecular weight is 412 g/mol. The molecule has 2 N–H and O–H groups in total. The summed E-state index contributed by atoms with van der Waals surface area (Å²) in [6, 6.07) is 14.4. The van der Waals surface area contributed by atoms with Gasteiger partial charge in [0.15, 0.2) is 22.8 Å². The van der Waals surface area contributed by atoms with Crippen LogP contribution in [0.4, 0.5) is 5.69 Å². The Bertz CT molecular complexity index is 972. The third-order valence-corrected chi connectivity index (χ3v) is 4.76. The number of hydrogen-bond donors (Lipinski definition) is 2. The van der Waals surface area contributed by atoms with Crippen LogP contribution in [0.25, 0.3) is 6.08 Å². The molecular formula is C21H20N2O5S. The van der Waals surface area contributed by atoms with Crippen molar-refractivity contribution in [2.24, 2.45) is 4.99 Å². The Kier molecular flexibility index (Phi) is 6.56. The first-order valence-corrected chi connectivity index (χ1v) is 9.79. The molecule has 1 fully saturated rings. The van der Waals surface area contributed by atoms with E-state index in [1.807, 2.05) is 37.3 Å². The van der Waals surface area contributed by atoms with Gasteiger partial charge in [-0.3, -0.25) is 4.79 Å². The lowest BCUT2D eigenvalue weighted by Gasteiger charge is -2.15. The van der Waals surface area contributed by atoms with E-state index in [-0.39, 0.29) is 5.91 Å². The summed E-state index contributed by atoms with van der Waals surface area (Å²) in [4.78, 5) is 28.2. The molecule has 29 heavy (non-hydrogen) atoms. The van der Waals surface area contributed by atoms with Crippen molar-refractivity contribution >= 4 is 40.6 Å². The van der Waals surface area contributed by atoms with Gasteiger partial charge in [0.2, 0.25) is 0 Å². The van der Waals surface area contributed by atoms with Crippen molar-refractivity contribution in [1.29, 1.82) is 0 Å². The van der Waals surface area contributed by atoms with E-state index in [0.29, 0.717) is 28.2 Å². The molecule has 1 aliphatic heterocycles. The van der Waals surface area contributed by atoms with E-state index in [1.54, 1.807) is 24.3 Å². The zero-order chi connectivity index (χ0) is 20.8. The Morgan fingerprint density at radius 3 is 2.69 bits per heavy atom. The largest absolute Gasteiger partial charge is 0.490 e. The molecule has 0 bridgehead atoms. The molecule has 1 saturated heterocycles. The molecule has 1 heterocycles. The highest BCUT2D eigenvalue weighted by Crippen LogP contribution is 2.33. The lowest BCUT2D eigenvalue weighted by Crippen LogP contribution is -2.23. The van der Waals surface area contributed by atoms with Crippen molar-refractivity contribution in [3.8, 4) is 11.5 Å². The van der Waals surface area contributed by atoms with E-state index < -0.39 is 12.1 Å². The van der Waals surface area contributed by atoms with Crippen LogP contribution in [0.2, 0.25) is 0 Å². The standard InChI is InChI=1S/C21H20N2O5S/c1-3-27-17-11-14(9-10-16(17)28-13(2)20(25)26)12-18-19(24)23-21(29-18)22-15-7-5-4-6-8-15/h4-13H,3H2,1-2H3,(H,25,26)(H,22,23,24)/b18-12+. The SMILES string of the molecule is CCOc1cc(/C=C2/SC(=Nc3ccccc3)NC2=O)ccc1OC(C)C(=O)O. The summed E-state index contributed by atoms with van der Waals surface area (Å²) in [5.74, 6) is -0.555. The van der Waals surface area contributed by atoms with Crippen LogP contribution >= 0.6 is 11.8 Å². The van der Waals surface area contributed by atoms with Crippen molar-refractivity contribution < 1.29 is 24.2 Å². The predicted molar refractivity (Wildman–Crippen MR) is 113 cm³/mol. The Labute approximate surface area is 172 Å². The summed E-state index contributed by atoms with van der Waals surface area (Å²) >= 11 is 1.25. The summed E-state index contributed by atoms with van der Waals surface area (Å²) in [5.41, 5.74) is 1.48. The molecule has 3 rings (SSSR count). The number of amides is 1. The van der Waals surface area contributed by atoms with E-state index in [9.17, 15) is 9.59 Å². The number of nitrogens with zero attached hydrogens (tertiary/aromatic N) is 1. The second kappa shape index (κ2) is 9.29. The summed E-state index contributed by atoms with van der Waals surface area (Å²) in [5, 5.41) is 12.3. The highest BCUT2D eigenvalue weighted by molar-refractivity contribution is 8.18. The number of amidine groups is 1. The Morgan fingerprint density at radius 2 is 2.00 bits per heavy atom. The number of hydrogen-bond acceptors (Lipinski definition) is 6. The topological polar surface area (TPSA) is 97.2 Å². The first kappa shape index (κ1) is 20.5. The van der Waals surface area contributed by atoms with Gasteiger partial charge in [0.05, 0.1) is 17.2 Å². The number of rotatable bonds is 7. The molecule has 8 heteroatoms. The first-order valence-electron chi connectivity index (χ1n) is 8.97. The molecule has 2 aromatic rings. The minimum absolute atomic E-state index is 0.234. The molecule has 1 amide bonds. The second-order valence-corrected chi connectivity index (χ2v) is 7.09. The quantitative estimate of drug-likeness (QED) is 0.671. The molecule has 1 atom stereocenters. The number of carboxylic acids is 1. The fraction of sp³-hybridized carbons (Fsp3) is 0.190. The summed E-state index contributed by atoms with van der Waals surface area (Å²) < 4.78 is 11.0. The van der Waals surface area contributed by atoms with Gasteiger partial charge in [-0.1, -0.05) is 24.3 Å². The minimum atomic E-state index is -1.07. The van der Waals surface area contributed by atoms with Crippen molar-refractivity contribution in [2.45, 2.75) is 20.0 Å². The third-order valence-electron chi connectivity index (χ3n) is 3.85. The van der Waals surface area contributed by atoms with E-state index in [0.717, 1.165) is 11.3 Å². The summed E-state index contributed by atoms with van der Waals surface area (Å²) in [6.45, 7) is 3.66. The molecule has 0 aromatic heterocycles. The Balaban J connectivity index is 1.82. The van der Waals surface area contributed by atoms with Crippen LogP contribution in [-0.4, -0.2) is 34.9 Å². The van der Waals surface area contributed by atoms with E-state index in [2.05, 4.69) is 10.3 Å².